The number of fused-ring (bicyclic) bond motifs is 1. The molecule has 2 aromatic rings. The summed E-state index contributed by atoms with van der Waals surface area (Å²) in [6.07, 6.45) is 2.01. The minimum Gasteiger partial charge on any atom is -0.378 e. The second-order valence-electron chi connectivity index (χ2n) is 6.65. The molecule has 0 spiro atoms. The molecule has 2 heterocycles. The molecular formula is C16H24N4O2S. The van der Waals surface area contributed by atoms with Crippen LogP contribution in [0.2, 0.25) is 0 Å². The molecule has 0 bridgehead atoms. The second-order valence-corrected chi connectivity index (χ2v) is 7.58. The molecule has 0 amide bonds. The van der Waals surface area contributed by atoms with Gasteiger partial charge < -0.3 is 9.64 Å². The van der Waals surface area contributed by atoms with Crippen LogP contribution in [-0.2, 0) is 11.2 Å². The lowest BCUT2D eigenvalue weighted by Gasteiger charge is -2.54. The Hall–Kier alpha value is -1.47. The van der Waals surface area contributed by atoms with Crippen LogP contribution in [0.25, 0.3) is 4.96 Å². The minimum atomic E-state index is -0.109. The maximum absolute atomic E-state index is 12.1. The van der Waals surface area contributed by atoms with Crippen molar-refractivity contribution < 1.29 is 4.74 Å². The Morgan fingerprint density at radius 2 is 2.22 bits per heavy atom. The van der Waals surface area contributed by atoms with Crippen molar-refractivity contribution in [1.82, 2.24) is 14.6 Å². The first-order chi connectivity index (χ1) is 10.9. The molecule has 1 aliphatic carbocycles. The van der Waals surface area contributed by atoms with Crippen LogP contribution in [0.15, 0.2) is 10.9 Å². The highest BCUT2D eigenvalue weighted by Gasteiger charge is 2.51. The fourth-order valence-corrected chi connectivity index (χ4v) is 4.25. The quantitative estimate of drug-likeness (QED) is 0.839. The smallest absolute Gasteiger partial charge is 0.275 e. The molecule has 1 saturated carbocycles. The number of anilines is 1. The van der Waals surface area contributed by atoms with Gasteiger partial charge in [-0.05, 0) is 19.8 Å². The van der Waals surface area contributed by atoms with Gasteiger partial charge in [0.25, 0.3) is 5.56 Å². The Balaban J connectivity index is 1.89. The summed E-state index contributed by atoms with van der Waals surface area (Å²) >= 11 is 1.47. The zero-order chi connectivity index (χ0) is 16.8. The number of rotatable bonds is 5. The van der Waals surface area contributed by atoms with Crippen LogP contribution >= 0.6 is 11.3 Å². The number of ether oxygens (including phenoxy) is 1. The monoisotopic (exact) mass is 336 g/mol. The van der Waals surface area contributed by atoms with Gasteiger partial charge in [-0.15, -0.1) is 5.10 Å². The van der Waals surface area contributed by atoms with E-state index >= 15 is 0 Å². The second kappa shape index (κ2) is 5.87. The van der Waals surface area contributed by atoms with Crippen molar-refractivity contribution in [2.75, 3.05) is 18.6 Å². The van der Waals surface area contributed by atoms with Gasteiger partial charge in [0.2, 0.25) is 10.1 Å². The van der Waals surface area contributed by atoms with Crippen molar-refractivity contribution in [3.8, 4) is 0 Å². The van der Waals surface area contributed by atoms with E-state index in [2.05, 4.69) is 28.8 Å². The molecule has 2 aromatic heterocycles. The Kier molecular flexibility index (Phi) is 4.18. The Labute approximate surface area is 140 Å². The van der Waals surface area contributed by atoms with Crippen molar-refractivity contribution in [3.05, 3.63) is 22.1 Å². The summed E-state index contributed by atoms with van der Waals surface area (Å²) in [4.78, 5) is 19.5. The van der Waals surface area contributed by atoms with Crippen molar-refractivity contribution in [2.24, 2.45) is 5.41 Å². The summed E-state index contributed by atoms with van der Waals surface area (Å²) in [7, 11) is 2.04. The van der Waals surface area contributed by atoms with Gasteiger partial charge >= 0.3 is 0 Å². The third kappa shape index (κ3) is 2.65. The molecule has 0 aromatic carbocycles. The summed E-state index contributed by atoms with van der Waals surface area (Å²) in [6, 6.07) is 1.91. The molecule has 3 rings (SSSR count). The van der Waals surface area contributed by atoms with Gasteiger partial charge in [-0.25, -0.2) is 4.98 Å². The van der Waals surface area contributed by atoms with Gasteiger partial charge in [-0.1, -0.05) is 32.1 Å². The van der Waals surface area contributed by atoms with Gasteiger partial charge in [0.1, 0.15) is 0 Å². The summed E-state index contributed by atoms with van der Waals surface area (Å²) in [5.41, 5.74) is 0.770. The molecule has 23 heavy (non-hydrogen) atoms. The van der Waals surface area contributed by atoms with Crippen molar-refractivity contribution in [3.63, 3.8) is 0 Å². The van der Waals surface area contributed by atoms with Crippen LogP contribution in [0.4, 0.5) is 5.13 Å². The van der Waals surface area contributed by atoms with Crippen LogP contribution in [0.1, 0.15) is 39.8 Å². The highest BCUT2D eigenvalue weighted by Crippen LogP contribution is 2.46. The third-order valence-electron chi connectivity index (χ3n) is 4.91. The van der Waals surface area contributed by atoms with Gasteiger partial charge in [0.05, 0.1) is 6.10 Å². The zero-order valence-corrected chi connectivity index (χ0v) is 15.2. The number of aryl methyl sites for hydroxylation is 1. The molecule has 0 N–H and O–H groups in total. The Morgan fingerprint density at radius 1 is 1.48 bits per heavy atom. The van der Waals surface area contributed by atoms with E-state index in [1.165, 1.54) is 15.9 Å². The highest BCUT2D eigenvalue weighted by molar-refractivity contribution is 7.20. The van der Waals surface area contributed by atoms with Crippen molar-refractivity contribution >= 4 is 21.4 Å². The van der Waals surface area contributed by atoms with E-state index in [0.717, 1.165) is 30.3 Å². The molecular weight excluding hydrogens is 312 g/mol. The van der Waals surface area contributed by atoms with Gasteiger partial charge in [0.15, 0.2) is 0 Å². The van der Waals surface area contributed by atoms with Crippen LogP contribution in [0.5, 0.6) is 0 Å². The molecule has 6 nitrogen and oxygen atoms in total. The maximum atomic E-state index is 12.1. The SMILES string of the molecule is CCOC1CC(N(C)c2nn3c(=O)cc(CC)nc3s2)C1(C)C. The summed E-state index contributed by atoms with van der Waals surface area (Å²) in [5, 5.41) is 5.30. The zero-order valence-electron chi connectivity index (χ0n) is 14.4. The topological polar surface area (TPSA) is 59.7 Å². The lowest BCUT2D eigenvalue weighted by Crippen LogP contribution is -2.61. The number of nitrogens with zero attached hydrogens (tertiary/aromatic N) is 4. The highest BCUT2D eigenvalue weighted by atomic mass is 32.1. The lowest BCUT2D eigenvalue weighted by atomic mass is 9.64. The predicted octanol–water partition coefficient (Wildman–Crippen LogP) is 2.35. The number of hydrogen-bond acceptors (Lipinski definition) is 6. The van der Waals surface area contributed by atoms with E-state index in [4.69, 9.17) is 4.74 Å². The van der Waals surface area contributed by atoms with Gasteiger partial charge in [-0.3, -0.25) is 4.79 Å². The predicted molar refractivity (Wildman–Crippen MR) is 92.5 cm³/mol. The van der Waals surface area contributed by atoms with E-state index in [1.54, 1.807) is 6.07 Å². The summed E-state index contributed by atoms with van der Waals surface area (Å²) in [5.74, 6) is 0. The van der Waals surface area contributed by atoms with E-state index in [-0.39, 0.29) is 17.1 Å². The minimum absolute atomic E-state index is 0.0651. The van der Waals surface area contributed by atoms with Crippen molar-refractivity contribution in [1.29, 1.82) is 0 Å². The standard InChI is InChI=1S/C16H24N4O2S/c1-6-10-8-13(21)20-14(17-10)23-15(18-20)19(5)11-9-12(22-7-2)16(11,3)4/h8,11-12H,6-7,9H2,1-5H3. The average Bonchev–Trinajstić information content (AvgIpc) is 2.95. The fraction of sp³-hybridized carbons (Fsp3) is 0.688. The molecule has 0 saturated heterocycles. The van der Waals surface area contributed by atoms with Gasteiger partial charge in [-0.2, -0.15) is 4.52 Å². The van der Waals surface area contributed by atoms with Crippen molar-refractivity contribution in [2.45, 2.75) is 52.7 Å². The first-order valence-corrected chi connectivity index (χ1v) is 8.94. The Morgan fingerprint density at radius 3 is 2.83 bits per heavy atom. The lowest BCUT2D eigenvalue weighted by molar-refractivity contribution is -0.104. The molecule has 2 atom stereocenters. The maximum Gasteiger partial charge on any atom is 0.275 e. The van der Waals surface area contributed by atoms with E-state index in [9.17, 15) is 4.79 Å². The first kappa shape index (κ1) is 16.4. The summed E-state index contributed by atoms with van der Waals surface area (Å²) < 4.78 is 7.21. The normalized spacial score (nSPS) is 23.0. The molecule has 126 valence electrons. The number of hydrogen-bond donors (Lipinski definition) is 0. The molecule has 1 aliphatic rings. The summed E-state index contributed by atoms with van der Waals surface area (Å²) in [6.45, 7) is 9.22. The fourth-order valence-electron chi connectivity index (χ4n) is 3.31. The van der Waals surface area contributed by atoms with Crippen LogP contribution in [0.3, 0.4) is 0 Å². The molecule has 1 fully saturated rings. The third-order valence-corrected chi connectivity index (χ3v) is 5.91. The van der Waals surface area contributed by atoms with Crippen LogP contribution in [0, 0.1) is 5.41 Å². The van der Waals surface area contributed by atoms with Crippen LogP contribution < -0.4 is 10.5 Å². The molecule has 7 heteroatoms. The Bertz CT molecular complexity index is 767. The molecule has 2 unspecified atom stereocenters. The molecule has 0 radical (unpaired) electrons. The van der Waals surface area contributed by atoms with E-state index in [1.807, 2.05) is 20.9 Å². The number of aromatic nitrogens is 3. The molecule has 0 aliphatic heterocycles. The van der Waals surface area contributed by atoms with E-state index < -0.39 is 0 Å². The van der Waals surface area contributed by atoms with Gasteiger partial charge in [0, 0.05) is 36.9 Å². The largest absolute Gasteiger partial charge is 0.378 e. The van der Waals surface area contributed by atoms with Crippen LogP contribution in [-0.4, -0.2) is 40.4 Å². The van der Waals surface area contributed by atoms with E-state index in [0.29, 0.717) is 11.0 Å². The first-order valence-electron chi connectivity index (χ1n) is 8.12. The average molecular weight is 336 g/mol.